The first-order valence-corrected chi connectivity index (χ1v) is 8.78. The molecule has 2 saturated heterocycles. The normalized spacial score (nSPS) is 26.6. The highest BCUT2D eigenvalue weighted by atomic mass is 16.5. The van der Waals surface area contributed by atoms with Crippen molar-refractivity contribution in [1.29, 1.82) is 0 Å². The third-order valence-electron chi connectivity index (χ3n) is 4.97. The summed E-state index contributed by atoms with van der Waals surface area (Å²) in [5.74, 6) is 2.05. The molecule has 2 atom stereocenters. The van der Waals surface area contributed by atoms with Gasteiger partial charge >= 0.3 is 0 Å². The number of methoxy groups -OCH3 is 1. The van der Waals surface area contributed by atoms with Gasteiger partial charge in [-0.05, 0) is 56.2 Å². The Morgan fingerprint density at radius 3 is 2.41 bits per heavy atom. The minimum Gasteiger partial charge on any atom is -0.385 e. The maximum absolute atomic E-state index is 12.2. The molecule has 2 rings (SSSR count). The van der Waals surface area contributed by atoms with Gasteiger partial charge in [-0.25, -0.2) is 0 Å². The summed E-state index contributed by atoms with van der Waals surface area (Å²) in [4.78, 5) is 16.9. The monoisotopic (exact) mass is 308 g/mol. The van der Waals surface area contributed by atoms with Crippen molar-refractivity contribution in [1.82, 2.24) is 9.80 Å². The number of allylic oxidation sites excluding steroid dienone is 1. The highest BCUT2D eigenvalue weighted by molar-refractivity contribution is 5.87. The smallest absolute Gasteiger partial charge is 0.246 e. The fourth-order valence-corrected chi connectivity index (χ4v) is 3.62. The van der Waals surface area contributed by atoms with Crippen molar-refractivity contribution in [2.75, 3.05) is 46.4 Å². The van der Waals surface area contributed by atoms with Crippen LogP contribution in [-0.2, 0) is 9.53 Å². The largest absolute Gasteiger partial charge is 0.385 e. The first-order chi connectivity index (χ1) is 10.6. The van der Waals surface area contributed by atoms with Crippen molar-refractivity contribution < 1.29 is 9.53 Å². The number of ether oxygens (including phenoxy) is 1. The lowest BCUT2D eigenvalue weighted by Gasteiger charge is -2.21. The van der Waals surface area contributed by atoms with Gasteiger partial charge in [-0.3, -0.25) is 4.79 Å². The zero-order valence-corrected chi connectivity index (χ0v) is 14.5. The summed E-state index contributed by atoms with van der Waals surface area (Å²) in [5, 5.41) is 0. The Hall–Kier alpha value is -0.870. The Kier molecular flexibility index (Phi) is 6.90. The molecular weight excluding hydrogens is 276 g/mol. The van der Waals surface area contributed by atoms with E-state index in [1.54, 1.807) is 13.2 Å². The average Bonchev–Trinajstić information content (AvgIpc) is 2.81. The van der Waals surface area contributed by atoms with Crippen LogP contribution in [0.1, 0.15) is 33.1 Å². The van der Waals surface area contributed by atoms with Crippen LogP contribution in [0.3, 0.4) is 0 Å². The fraction of sp³-hybridized carbons (Fsp3) is 0.833. The number of amides is 1. The van der Waals surface area contributed by atoms with Gasteiger partial charge in [0.25, 0.3) is 0 Å². The standard InChI is InChI=1S/C18H32N2O2/c1-15(2)5-6-18(21)20-13-16-7-10-19(9-4-12-22-3)11-8-17(16)14-20/h5-6,15-17H,4,7-14H2,1-3H3/b6-5+/t16-,17+. The lowest BCUT2D eigenvalue weighted by Crippen LogP contribution is -2.30. The molecule has 0 saturated carbocycles. The van der Waals surface area contributed by atoms with Crippen molar-refractivity contribution in [2.24, 2.45) is 17.8 Å². The lowest BCUT2D eigenvalue weighted by atomic mass is 9.92. The maximum atomic E-state index is 12.2. The molecule has 0 N–H and O–H groups in total. The predicted molar refractivity (Wildman–Crippen MR) is 89.7 cm³/mol. The number of hydrogen-bond acceptors (Lipinski definition) is 3. The van der Waals surface area contributed by atoms with Crippen molar-refractivity contribution in [3.8, 4) is 0 Å². The quantitative estimate of drug-likeness (QED) is 0.558. The van der Waals surface area contributed by atoms with Crippen molar-refractivity contribution in [3.63, 3.8) is 0 Å². The molecular formula is C18H32N2O2. The van der Waals surface area contributed by atoms with E-state index in [9.17, 15) is 4.79 Å². The topological polar surface area (TPSA) is 32.8 Å². The highest BCUT2D eigenvalue weighted by Gasteiger charge is 2.36. The molecule has 0 radical (unpaired) electrons. The van der Waals surface area contributed by atoms with Crippen LogP contribution in [-0.4, -0.2) is 62.1 Å². The van der Waals surface area contributed by atoms with E-state index in [1.165, 1.54) is 25.9 Å². The van der Waals surface area contributed by atoms with Crippen LogP contribution >= 0.6 is 0 Å². The summed E-state index contributed by atoms with van der Waals surface area (Å²) in [6.07, 6.45) is 7.36. The van der Waals surface area contributed by atoms with Gasteiger partial charge in [0.2, 0.25) is 5.91 Å². The second-order valence-electron chi connectivity index (χ2n) is 7.13. The van der Waals surface area contributed by atoms with Crippen molar-refractivity contribution >= 4 is 5.91 Å². The molecule has 126 valence electrons. The van der Waals surface area contributed by atoms with Gasteiger partial charge in [0.05, 0.1) is 0 Å². The molecule has 1 amide bonds. The molecule has 22 heavy (non-hydrogen) atoms. The molecule has 2 heterocycles. The molecule has 0 aromatic carbocycles. The Balaban J connectivity index is 1.78. The predicted octanol–water partition coefficient (Wildman–Crippen LogP) is 2.41. The van der Waals surface area contributed by atoms with Gasteiger partial charge < -0.3 is 14.5 Å². The molecule has 0 aromatic rings. The van der Waals surface area contributed by atoms with Gasteiger partial charge in [-0.2, -0.15) is 0 Å². The first kappa shape index (κ1) is 17.5. The van der Waals surface area contributed by atoms with Crippen LogP contribution in [0.2, 0.25) is 0 Å². The fourth-order valence-electron chi connectivity index (χ4n) is 3.62. The summed E-state index contributed by atoms with van der Waals surface area (Å²) >= 11 is 0. The van der Waals surface area contributed by atoms with Crippen molar-refractivity contribution in [2.45, 2.75) is 33.1 Å². The third-order valence-corrected chi connectivity index (χ3v) is 4.97. The van der Waals surface area contributed by atoms with Gasteiger partial charge in [-0.1, -0.05) is 19.9 Å². The van der Waals surface area contributed by atoms with Crippen LogP contribution in [0.4, 0.5) is 0 Å². The van der Waals surface area contributed by atoms with Crippen LogP contribution in [0.5, 0.6) is 0 Å². The summed E-state index contributed by atoms with van der Waals surface area (Å²) in [6, 6.07) is 0. The SMILES string of the molecule is COCCCN1CC[C@@H]2CN(C(=O)/C=C/C(C)C)C[C@@H]2CC1. The molecule has 0 aromatic heterocycles. The van der Waals surface area contributed by atoms with E-state index in [4.69, 9.17) is 4.74 Å². The Morgan fingerprint density at radius 1 is 1.23 bits per heavy atom. The molecule has 2 aliphatic heterocycles. The van der Waals surface area contributed by atoms with E-state index in [-0.39, 0.29) is 5.91 Å². The molecule has 0 unspecified atom stereocenters. The van der Waals surface area contributed by atoms with Gasteiger partial charge in [0, 0.05) is 33.4 Å². The van der Waals surface area contributed by atoms with Crippen LogP contribution < -0.4 is 0 Å². The number of carbonyl (C=O) groups is 1. The van der Waals surface area contributed by atoms with E-state index in [1.807, 2.05) is 6.08 Å². The van der Waals surface area contributed by atoms with E-state index in [0.717, 1.165) is 32.7 Å². The van der Waals surface area contributed by atoms with Crippen LogP contribution in [0, 0.1) is 17.8 Å². The number of likely N-dealkylation sites (tertiary alicyclic amines) is 2. The Bertz CT molecular complexity index is 365. The number of hydrogen-bond donors (Lipinski definition) is 0. The first-order valence-electron chi connectivity index (χ1n) is 8.78. The minimum atomic E-state index is 0.207. The highest BCUT2D eigenvalue weighted by Crippen LogP contribution is 2.31. The summed E-state index contributed by atoms with van der Waals surface area (Å²) in [7, 11) is 1.77. The molecule has 0 bridgehead atoms. The van der Waals surface area contributed by atoms with Gasteiger partial charge in [0.15, 0.2) is 0 Å². The van der Waals surface area contributed by atoms with E-state index in [0.29, 0.717) is 17.8 Å². The third kappa shape index (κ3) is 5.10. The summed E-state index contributed by atoms with van der Waals surface area (Å²) in [5.41, 5.74) is 0. The number of nitrogens with zero attached hydrogens (tertiary/aromatic N) is 2. The van der Waals surface area contributed by atoms with E-state index in [2.05, 4.69) is 23.6 Å². The Labute approximate surface area is 135 Å². The molecule has 0 spiro atoms. The van der Waals surface area contributed by atoms with E-state index < -0.39 is 0 Å². The number of carbonyl (C=O) groups excluding carboxylic acids is 1. The van der Waals surface area contributed by atoms with Crippen molar-refractivity contribution in [3.05, 3.63) is 12.2 Å². The Morgan fingerprint density at radius 2 is 1.86 bits per heavy atom. The minimum absolute atomic E-state index is 0.207. The maximum Gasteiger partial charge on any atom is 0.246 e. The number of fused-ring (bicyclic) bond motifs is 1. The van der Waals surface area contributed by atoms with Gasteiger partial charge in [0.1, 0.15) is 0 Å². The second kappa shape index (κ2) is 8.68. The average molecular weight is 308 g/mol. The zero-order valence-electron chi connectivity index (χ0n) is 14.5. The van der Waals surface area contributed by atoms with Gasteiger partial charge in [-0.15, -0.1) is 0 Å². The molecule has 2 fully saturated rings. The van der Waals surface area contributed by atoms with Crippen LogP contribution in [0.15, 0.2) is 12.2 Å². The molecule has 0 aliphatic carbocycles. The summed E-state index contributed by atoms with van der Waals surface area (Å²) in [6.45, 7) is 10.5. The van der Waals surface area contributed by atoms with E-state index >= 15 is 0 Å². The lowest BCUT2D eigenvalue weighted by molar-refractivity contribution is -0.125. The zero-order chi connectivity index (χ0) is 15.9. The molecule has 4 heteroatoms. The molecule has 2 aliphatic rings. The molecule has 4 nitrogen and oxygen atoms in total. The number of rotatable bonds is 6. The second-order valence-corrected chi connectivity index (χ2v) is 7.13. The van der Waals surface area contributed by atoms with Crippen LogP contribution in [0.25, 0.3) is 0 Å². The summed E-state index contributed by atoms with van der Waals surface area (Å²) < 4.78 is 5.14.